The number of hydrogen-bond acceptors (Lipinski definition) is 5. The van der Waals surface area contributed by atoms with Gasteiger partial charge in [-0.15, -0.1) is 11.3 Å². The van der Waals surface area contributed by atoms with Crippen LogP contribution in [-0.2, 0) is 0 Å². The zero-order chi connectivity index (χ0) is 13.4. The predicted molar refractivity (Wildman–Crippen MR) is 77.8 cm³/mol. The van der Waals surface area contributed by atoms with Gasteiger partial charge in [-0.3, -0.25) is 0 Å². The zero-order valence-electron chi connectivity index (χ0n) is 10.7. The predicted octanol–water partition coefficient (Wildman–Crippen LogP) is 3.68. The van der Waals surface area contributed by atoms with E-state index in [1.54, 1.807) is 23.5 Å². The summed E-state index contributed by atoms with van der Waals surface area (Å²) in [5, 5.41) is 0.988. The van der Waals surface area contributed by atoms with Crippen LogP contribution in [0.4, 0.5) is 5.69 Å². The van der Waals surface area contributed by atoms with Crippen LogP contribution >= 0.6 is 11.3 Å². The highest BCUT2D eigenvalue weighted by Gasteiger charge is 2.13. The third-order valence-corrected chi connectivity index (χ3v) is 4.14. The molecule has 0 bridgehead atoms. The van der Waals surface area contributed by atoms with Crippen LogP contribution in [0.1, 0.15) is 10.4 Å². The number of fused-ring (bicyclic) bond motifs is 1. The van der Waals surface area contributed by atoms with Gasteiger partial charge >= 0.3 is 0 Å². The lowest BCUT2D eigenvalue weighted by Gasteiger charge is -2.06. The maximum Gasteiger partial charge on any atom is 0.231 e. The van der Waals surface area contributed by atoms with E-state index in [0.29, 0.717) is 11.6 Å². The molecular formula is C14H13N3OS. The quantitative estimate of drug-likeness (QED) is 0.722. The van der Waals surface area contributed by atoms with Crippen molar-refractivity contribution >= 4 is 27.2 Å². The molecule has 0 aliphatic carbocycles. The van der Waals surface area contributed by atoms with E-state index in [0.717, 1.165) is 16.0 Å². The van der Waals surface area contributed by atoms with Crippen molar-refractivity contribution in [2.75, 3.05) is 5.73 Å². The van der Waals surface area contributed by atoms with E-state index in [4.69, 9.17) is 10.5 Å². The van der Waals surface area contributed by atoms with Gasteiger partial charge in [0.15, 0.2) is 0 Å². The molecule has 2 aromatic heterocycles. The second-order valence-corrected chi connectivity index (χ2v) is 5.52. The molecule has 3 rings (SSSR count). The third kappa shape index (κ3) is 2.13. The highest BCUT2D eigenvalue weighted by Crippen LogP contribution is 2.35. The van der Waals surface area contributed by atoms with Gasteiger partial charge in [-0.05, 0) is 43.7 Å². The number of nitrogen functional groups attached to an aromatic ring is 1. The van der Waals surface area contributed by atoms with E-state index >= 15 is 0 Å². The summed E-state index contributed by atoms with van der Waals surface area (Å²) in [7, 11) is 0. The molecule has 2 N–H and O–H groups in total. The first-order valence-corrected chi connectivity index (χ1v) is 6.71. The fourth-order valence-electron chi connectivity index (χ4n) is 1.87. The van der Waals surface area contributed by atoms with E-state index in [2.05, 4.69) is 23.8 Å². The molecule has 1 aromatic carbocycles. The highest BCUT2D eigenvalue weighted by molar-refractivity contribution is 7.18. The van der Waals surface area contributed by atoms with Crippen molar-refractivity contribution in [1.82, 2.24) is 9.97 Å². The van der Waals surface area contributed by atoms with Crippen LogP contribution in [0.15, 0.2) is 30.6 Å². The minimum Gasteiger partial charge on any atom is -0.438 e. The molecule has 0 aliphatic heterocycles. The number of benzene rings is 1. The first-order valence-electron chi connectivity index (χ1n) is 5.89. The van der Waals surface area contributed by atoms with Crippen molar-refractivity contribution < 1.29 is 4.74 Å². The van der Waals surface area contributed by atoms with Gasteiger partial charge in [-0.25, -0.2) is 9.97 Å². The first-order chi connectivity index (χ1) is 9.15. The Hall–Kier alpha value is -2.14. The van der Waals surface area contributed by atoms with Crippen LogP contribution in [-0.4, -0.2) is 9.97 Å². The van der Waals surface area contributed by atoms with Crippen LogP contribution in [0.3, 0.4) is 0 Å². The number of anilines is 1. The summed E-state index contributed by atoms with van der Waals surface area (Å²) in [6, 6.07) is 7.27. The van der Waals surface area contributed by atoms with Crippen molar-refractivity contribution in [3.63, 3.8) is 0 Å². The van der Waals surface area contributed by atoms with Crippen LogP contribution in [0, 0.1) is 13.8 Å². The Bertz CT molecular complexity index is 734. The second-order valence-electron chi connectivity index (χ2n) is 4.31. The Balaban J connectivity index is 2.07. The van der Waals surface area contributed by atoms with Crippen LogP contribution in [0.25, 0.3) is 10.2 Å². The van der Waals surface area contributed by atoms with Gasteiger partial charge in [-0.2, -0.15) is 0 Å². The van der Waals surface area contributed by atoms with Gasteiger partial charge in [0.25, 0.3) is 0 Å². The molecule has 0 saturated carbocycles. The molecule has 0 saturated heterocycles. The molecule has 0 aliphatic rings. The van der Waals surface area contributed by atoms with E-state index in [9.17, 15) is 0 Å². The van der Waals surface area contributed by atoms with Gasteiger partial charge in [0, 0.05) is 10.6 Å². The number of nitrogens with two attached hydrogens (primary N) is 1. The second kappa shape index (κ2) is 4.51. The summed E-state index contributed by atoms with van der Waals surface area (Å²) in [6.45, 7) is 4.14. The van der Waals surface area contributed by atoms with Gasteiger partial charge in [0.1, 0.15) is 16.9 Å². The Morgan fingerprint density at radius 3 is 2.58 bits per heavy atom. The SMILES string of the molecule is Cc1sc2ncnc(Oc3ccc(N)cc3)c2c1C. The van der Waals surface area contributed by atoms with Crippen molar-refractivity contribution in [2.24, 2.45) is 0 Å². The third-order valence-electron chi connectivity index (χ3n) is 3.03. The van der Waals surface area contributed by atoms with Gasteiger partial charge in [0.05, 0.1) is 5.39 Å². The van der Waals surface area contributed by atoms with E-state index in [1.165, 1.54) is 16.8 Å². The van der Waals surface area contributed by atoms with Gasteiger partial charge in [-0.1, -0.05) is 0 Å². The average Bonchev–Trinajstić information content (AvgIpc) is 2.69. The molecule has 0 amide bonds. The summed E-state index contributed by atoms with van der Waals surface area (Å²) < 4.78 is 5.84. The standard InChI is InChI=1S/C14H13N3OS/c1-8-9(2)19-14-12(8)13(16-7-17-14)18-11-5-3-10(15)4-6-11/h3-7H,15H2,1-2H3. The van der Waals surface area contributed by atoms with Crippen LogP contribution in [0.5, 0.6) is 11.6 Å². The first kappa shape index (κ1) is 11.9. The molecule has 0 fully saturated rings. The number of aromatic nitrogens is 2. The van der Waals surface area contributed by atoms with Crippen molar-refractivity contribution in [3.8, 4) is 11.6 Å². The van der Waals surface area contributed by atoms with E-state index < -0.39 is 0 Å². The Labute approximate surface area is 114 Å². The number of rotatable bonds is 2. The average molecular weight is 271 g/mol. The van der Waals surface area contributed by atoms with Crippen molar-refractivity contribution in [2.45, 2.75) is 13.8 Å². The monoisotopic (exact) mass is 271 g/mol. The number of aryl methyl sites for hydroxylation is 2. The molecule has 0 radical (unpaired) electrons. The van der Waals surface area contributed by atoms with Gasteiger partial charge < -0.3 is 10.5 Å². The summed E-state index contributed by atoms with van der Waals surface area (Å²) in [5.74, 6) is 1.31. The Morgan fingerprint density at radius 1 is 1.11 bits per heavy atom. The molecule has 96 valence electrons. The Kier molecular flexibility index (Phi) is 2.83. The molecular weight excluding hydrogens is 258 g/mol. The normalized spacial score (nSPS) is 10.8. The summed E-state index contributed by atoms with van der Waals surface area (Å²) >= 11 is 1.65. The van der Waals surface area contributed by atoms with Crippen LogP contribution in [0.2, 0.25) is 0 Å². The Morgan fingerprint density at radius 2 is 1.84 bits per heavy atom. The van der Waals surface area contributed by atoms with Crippen LogP contribution < -0.4 is 10.5 Å². The smallest absolute Gasteiger partial charge is 0.231 e. The molecule has 2 heterocycles. The summed E-state index contributed by atoms with van der Waals surface area (Å²) in [6.07, 6.45) is 1.53. The number of hydrogen-bond donors (Lipinski definition) is 1. The highest BCUT2D eigenvalue weighted by atomic mass is 32.1. The zero-order valence-corrected chi connectivity index (χ0v) is 11.5. The number of ether oxygens (including phenoxy) is 1. The maximum absolute atomic E-state index is 5.84. The minimum absolute atomic E-state index is 0.594. The molecule has 19 heavy (non-hydrogen) atoms. The molecule has 0 atom stereocenters. The molecule has 3 aromatic rings. The fraction of sp³-hybridized carbons (Fsp3) is 0.143. The largest absolute Gasteiger partial charge is 0.438 e. The molecule has 0 unspecified atom stereocenters. The van der Waals surface area contributed by atoms with E-state index in [-0.39, 0.29) is 0 Å². The lowest BCUT2D eigenvalue weighted by atomic mass is 10.2. The number of thiophene rings is 1. The summed E-state index contributed by atoms with van der Waals surface area (Å²) in [4.78, 5) is 10.7. The topological polar surface area (TPSA) is 61.0 Å². The summed E-state index contributed by atoms with van der Waals surface area (Å²) in [5.41, 5.74) is 7.54. The molecule has 5 heteroatoms. The fourth-order valence-corrected chi connectivity index (χ4v) is 2.86. The van der Waals surface area contributed by atoms with Crippen molar-refractivity contribution in [1.29, 1.82) is 0 Å². The molecule has 4 nitrogen and oxygen atoms in total. The maximum atomic E-state index is 5.84. The van der Waals surface area contributed by atoms with E-state index in [1.807, 2.05) is 12.1 Å². The molecule has 0 spiro atoms. The van der Waals surface area contributed by atoms with Gasteiger partial charge in [0.2, 0.25) is 5.88 Å². The lowest BCUT2D eigenvalue weighted by molar-refractivity contribution is 0.468. The lowest BCUT2D eigenvalue weighted by Crippen LogP contribution is -1.91. The minimum atomic E-state index is 0.594. The van der Waals surface area contributed by atoms with Crippen molar-refractivity contribution in [3.05, 3.63) is 41.0 Å². The number of nitrogens with zero attached hydrogens (tertiary/aromatic N) is 2.